The third kappa shape index (κ3) is 3.11. The fraction of sp³-hybridized carbons (Fsp3) is 0.385. The predicted octanol–water partition coefficient (Wildman–Crippen LogP) is 3.59. The summed E-state index contributed by atoms with van der Waals surface area (Å²) >= 11 is 5.73. The molecule has 0 aliphatic heterocycles. The van der Waals surface area contributed by atoms with E-state index < -0.39 is 5.82 Å². The van der Waals surface area contributed by atoms with Gasteiger partial charge in [-0.25, -0.2) is 4.39 Å². The van der Waals surface area contributed by atoms with Crippen LogP contribution in [-0.2, 0) is 0 Å². The molecular weight excluding hydrogens is 269 g/mol. The molecular formula is C13H15ClFN3O. The fourth-order valence-corrected chi connectivity index (χ4v) is 1.95. The zero-order chi connectivity index (χ0) is 13.8. The van der Waals surface area contributed by atoms with Gasteiger partial charge < -0.3 is 9.73 Å². The van der Waals surface area contributed by atoms with Crippen LogP contribution in [0.15, 0.2) is 22.6 Å². The van der Waals surface area contributed by atoms with Crippen molar-refractivity contribution < 1.29 is 8.81 Å². The molecule has 1 atom stereocenters. The Labute approximate surface area is 116 Å². The van der Waals surface area contributed by atoms with E-state index in [1.54, 1.807) is 6.07 Å². The predicted molar refractivity (Wildman–Crippen MR) is 71.4 cm³/mol. The molecule has 2 rings (SSSR count). The lowest BCUT2D eigenvalue weighted by Crippen LogP contribution is -2.20. The first-order valence-electron chi connectivity index (χ1n) is 6.17. The quantitative estimate of drug-likeness (QED) is 0.911. The highest BCUT2D eigenvalue weighted by Gasteiger charge is 2.17. The average molecular weight is 284 g/mol. The van der Waals surface area contributed by atoms with Gasteiger partial charge in [-0.05, 0) is 31.2 Å². The molecule has 1 N–H and O–H groups in total. The molecule has 0 saturated carbocycles. The lowest BCUT2D eigenvalue weighted by atomic mass is 10.2. The third-order valence-electron chi connectivity index (χ3n) is 2.76. The number of benzene rings is 1. The van der Waals surface area contributed by atoms with E-state index in [0.717, 1.165) is 13.0 Å². The Kier molecular flexibility index (Phi) is 4.50. The Morgan fingerprint density at radius 3 is 2.79 bits per heavy atom. The first-order chi connectivity index (χ1) is 9.15. The van der Waals surface area contributed by atoms with Crippen molar-refractivity contribution in [2.24, 2.45) is 0 Å². The highest BCUT2D eigenvalue weighted by molar-refractivity contribution is 6.31. The summed E-state index contributed by atoms with van der Waals surface area (Å²) in [7, 11) is 0. The average Bonchev–Trinajstić information content (AvgIpc) is 2.88. The minimum atomic E-state index is -0.468. The van der Waals surface area contributed by atoms with E-state index in [9.17, 15) is 4.39 Å². The Bertz CT molecular complexity index is 559. The van der Waals surface area contributed by atoms with Crippen molar-refractivity contribution in [3.05, 3.63) is 34.9 Å². The van der Waals surface area contributed by atoms with Crippen molar-refractivity contribution in [3.63, 3.8) is 0 Å². The topological polar surface area (TPSA) is 51.0 Å². The molecule has 1 aromatic carbocycles. The van der Waals surface area contributed by atoms with Gasteiger partial charge in [-0.1, -0.05) is 25.4 Å². The number of aromatic nitrogens is 2. The number of rotatable bonds is 5. The second-order valence-electron chi connectivity index (χ2n) is 4.09. The summed E-state index contributed by atoms with van der Waals surface area (Å²) in [6.07, 6.45) is 0.847. The Balaban J connectivity index is 2.27. The summed E-state index contributed by atoms with van der Waals surface area (Å²) in [5, 5.41) is 11.3. The normalized spacial score (nSPS) is 12.6. The van der Waals surface area contributed by atoms with E-state index in [1.807, 2.05) is 13.8 Å². The monoisotopic (exact) mass is 283 g/mol. The van der Waals surface area contributed by atoms with Crippen LogP contribution in [0.2, 0.25) is 5.02 Å². The molecule has 0 aliphatic carbocycles. The van der Waals surface area contributed by atoms with Gasteiger partial charge in [0.05, 0.1) is 11.1 Å². The Morgan fingerprint density at radius 2 is 2.16 bits per heavy atom. The molecule has 0 aliphatic rings. The van der Waals surface area contributed by atoms with E-state index in [2.05, 4.69) is 15.5 Å². The van der Waals surface area contributed by atoms with Crippen molar-refractivity contribution in [3.8, 4) is 11.5 Å². The molecule has 0 fully saturated rings. The zero-order valence-corrected chi connectivity index (χ0v) is 11.5. The first-order valence-corrected chi connectivity index (χ1v) is 6.55. The zero-order valence-electron chi connectivity index (χ0n) is 10.8. The second-order valence-corrected chi connectivity index (χ2v) is 4.50. The number of nitrogens with one attached hydrogen (secondary N) is 1. The van der Waals surface area contributed by atoms with Crippen LogP contribution < -0.4 is 5.32 Å². The van der Waals surface area contributed by atoms with E-state index in [4.69, 9.17) is 16.0 Å². The van der Waals surface area contributed by atoms with Crippen LogP contribution in [0.5, 0.6) is 0 Å². The minimum Gasteiger partial charge on any atom is -0.419 e. The highest BCUT2D eigenvalue weighted by Crippen LogP contribution is 2.25. The molecule has 4 nitrogen and oxygen atoms in total. The van der Waals surface area contributed by atoms with Gasteiger partial charge in [0.2, 0.25) is 11.8 Å². The smallest absolute Gasteiger partial charge is 0.247 e. The van der Waals surface area contributed by atoms with Gasteiger partial charge in [-0.2, -0.15) is 0 Å². The third-order valence-corrected chi connectivity index (χ3v) is 3.05. The van der Waals surface area contributed by atoms with Crippen LogP contribution in [0, 0.1) is 5.82 Å². The van der Waals surface area contributed by atoms with Gasteiger partial charge in [0.25, 0.3) is 0 Å². The molecule has 0 radical (unpaired) electrons. The van der Waals surface area contributed by atoms with Gasteiger partial charge in [-0.3, -0.25) is 0 Å². The van der Waals surface area contributed by atoms with Crippen LogP contribution in [0.1, 0.15) is 32.2 Å². The molecule has 1 unspecified atom stereocenters. The molecule has 19 heavy (non-hydrogen) atoms. The van der Waals surface area contributed by atoms with Gasteiger partial charge in [0.1, 0.15) is 5.82 Å². The van der Waals surface area contributed by atoms with Gasteiger partial charge in [0.15, 0.2) is 0 Å². The maximum Gasteiger partial charge on any atom is 0.247 e. The van der Waals surface area contributed by atoms with E-state index >= 15 is 0 Å². The highest BCUT2D eigenvalue weighted by atomic mass is 35.5. The number of nitrogens with zero attached hydrogens (tertiary/aromatic N) is 2. The van der Waals surface area contributed by atoms with Crippen molar-refractivity contribution in [2.75, 3.05) is 6.54 Å². The molecule has 0 bridgehead atoms. The number of halogens is 2. The van der Waals surface area contributed by atoms with Crippen molar-refractivity contribution >= 4 is 11.6 Å². The fourth-order valence-electron chi connectivity index (χ4n) is 1.77. The molecule has 0 saturated heterocycles. The van der Waals surface area contributed by atoms with Gasteiger partial charge in [-0.15, -0.1) is 10.2 Å². The summed E-state index contributed by atoms with van der Waals surface area (Å²) in [5.41, 5.74) is 0.608. The van der Waals surface area contributed by atoms with Crippen LogP contribution in [0.4, 0.5) is 4.39 Å². The summed E-state index contributed by atoms with van der Waals surface area (Å²) in [5.74, 6) is 0.400. The first kappa shape index (κ1) is 14.0. The van der Waals surface area contributed by atoms with Crippen LogP contribution in [0.3, 0.4) is 0 Å². The lowest BCUT2D eigenvalue weighted by Gasteiger charge is -2.10. The standard InChI is InChI=1S/C13H15ClFN3O/c1-3-11(16-4-2)13-18-17-12(19-13)8-5-6-10(15)9(14)7-8/h5-7,11,16H,3-4H2,1-2H3. The lowest BCUT2D eigenvalue weighted by molar-refractivity contribution is 0.402. The Morgan fingerprint density at radius 1 is 1.37 bits per heavy atom. The summed E-state index contributed by atoms with van der Waals surface area (Å²) in [6.45, 7) is 4.87. The maximum atomic E-state index is 13.1. The maximum absolute atomic E-state index is 13.1. The van der Waals surface area contributed by atoms with Gasteiger partial charge >= 0.3 is 0 Å². The molecule has 1 heterocycles. The van der Waals surface area contributed by atoms with Crippen molar-refractivity contribution in [1.82, 2.24) is 15.5 Å². The van der Waals surface area contributed by atoms with Crippen molar-refractivity contribution in [2.45, 2.75) is 26.3 Å². The summed E-state index contributed by atoms with van der Waals surface area (Å²) < 4.78 is 18.7. The summed E-state index contributed by atoms with van der Waals surface area (Å²) in [6, 6.07) is 4.35. The molecule has 6 heteroatoms. The minimum absolute atomic E-state index is 0.0298. The van der Waals surface area contributed by atoms with Crippen LogP contribution >= 0.6 is 11.6 Å². The second kappa shape index (κ2) is 6.12. The molecule has 2 aromatic rings. The molecule has 102 valence electrons. The number of hydrogen-bond acceptors (Lipinski definition) is 4. The van der Waals surface area contributed by atoms with E-state index in [1.165, 1.54) is 12.1 Å². The Hall–Kier alpha value is -1.46. The van der Waals surface area contributed by atoms with Crippen LogP contribution in [0.25, 0.3) is 11.5 Å². The van der Waals surface area contributed by atoms with Gasteiger partial charge in [0, 0.05) is 5.56 Å². The summed E-state index contributed by atoms with van der Waals surface area (Å²) in [4.78, 5) is 0. The largest absolute Gasteiger partial charge is 0.419 e. The SMILES string of the molecule is CCNC(CC)c1nnc(-c2ccc(F)c(Cl)c2)o1. The molecule has 0 amide bonds. The van der Waals surface area contributed by atoms with E-state index in [-0.39, 0.29) is 11.1 Å². The van der Waals surface area contributed by atoms with E-state index in [0.29, 0.717) is 17.3 Å². The van der Waals surface area contributed by atoms with Crippen LogP contribution in [-0.4, -0.2) is 16.7 Å². The molecule has 0 spiro atoms. The van der Waals surface area contributed by atoms with Crippen molar-refractivity contribution in [1.29, 1.82) is 0 Å². The number of hydrogen-bond donors (Lipinski definition) is 1. The molecule has 1 aromatic heterocycles.